The summed E-state index contributed by atoms with van der Waals surface area (Å²) in [6, 6.07) is 9.86. The van der Waals surface area contributed by atoms with Crippen molar-refractivity contribution in [3.63, 3.8) is 0 Å². The molecule has 2 aromatic rings. The highest BCUT2D eigenvalue weighted by atomic mass is 16.3. The lowest BCUT2D eigenvalue weighted by molar-refractivity contribution is 0.410. The predicted octanol–water partition coefficient (Wildman–Crippen LogP) is 1.23. The number of benzene rings is 1. The summed E-state index contributed by atoms with van der Waals surface area (Å²) in [5.74, 6) is -0.355. The second-order valence-corrected chi connectivity index (χ2v) is 5.66. The summed E-state index contributed by atoms with van der Waals surface area (Å²) in [6.07, 6.45) is 0.727. The summed E-state index contributed by atoms with van der Waals surface area (Å²) < 4.78 is 2.01. The van der Waals surface area contributed by atoms with Crippen LogP contribution in [-0.2, 0) is 20.5 Å². The van der Waals surface area contributed by atoms with Gasteiger partial charge in [-0.2, -0.15) is 0 Å². The molecular weight excluding hydrogens is 294 g/mol. The molecule has 0 unspecified atom stereocenters. The fraction of sp³-hybridized carbons (Fsp3) is 0.353. The molecule has 0 saturated carbocycles. The Labute approximate surface area is 134 Å². The third-order valence-corrected chi connectivity index (χ3v) is 3.78. The van der Waals surface area contributed by atoms with E-state index in [1.54, 1.807) is 6.92 Å². The molecular formula is C17H21N3O3. The first-order valence-electron chi connectivity index (χ1n) is 7.40. The minimum absolute atomic E-state index is 0.0567. The molecule has 0 bridgehead atoms. The Morgan fingerprint density at radius 1 is 1.17 bits per heavy atom. The lowest BCUT2D eigenvalue weighted by Gasteiger charge is -2.12. The highest BCUT2D eigenvalue weighted by molar-refractivity contribution is 6.00. The Kier molecular flexibility index (Phi) is 4.83. The number of rotatable bonds is 4. The SMILES string of the molecule is CC(=N[C@@H](C)Cc1ccccc1)c1c(O)n(C)c(=O)n(C)c1=O. The van der Waals surface area contributed by atoms with Crippen molar-refractivity contribution in [1.29, 1.82) is 0 Å². The molecule has 6 heteroatoms. The van der Waals surface area contributed by atoms with Crippen LogP contribution in [-0.4, -0.2) is 26.0 Å². The summed E-state index contributed by atoms with van der Waals surface area (Å²) in [5, 5.41) is 10.1. The van der Waals surface area contributed by atoms with Crippen molar-refractivity contribution in [3.8, 4) is 5.88 Å². The van der Waals surface area contributed by atoms with E-state index >= 15 is 0 Å². The maximum absolute atomic E-state index is 12.3. The second-order valence-electron chi connectivity index (χ2n) is 5.66. The summed E-state index contributed by atoms with van der Waals surface area (Å²) in [6.45, 7) is 3.61. The Hall–Kier alpha value is -2.63. The Morgan fingerprint density at radius 2 is 1.78 bits per heavy atom. The number of hydrogen-bond acceptors (Lipinski definition) is 4. The van der Waals surface area contributed by atoms with Gasteiger partial charge < -0.3 is 5.11 Å². The largest absolute Gasteiger partial charge is 0.494 e. The molecule has 6 nitrogen and oxygen atoms in total. The average molecular weight is 315 g/mol. The Morgan fingerprint density at radius 3 is 2.39 bits per heavy atom. The maximum atomic E-state index is 12.3. The van der Waals surface area contributed by atoms with Crippen LogP contribution in [0.5, 0.6) is 5.88 Å². The molecule has 2 rings (SSSR count). The Bertz CT molecular complexity index is 848. The number of aromatic hydroxyl groups is 1. The van der Waals surface area contributed by atoms with E-state index in [0.29, 0.717) is 5.71 Å². The summed E-state index contributed by atoms with van der Waals surface area (Å²) >= 11 is 0. The normalized spacial score (nSPS) is 13.1. The fourth-order valence-electron chi connectivity index (χ4n) is 2.55. The van der Waals surface area contributed by atoms with E-state index in [9.17, 15) is 14.7 Å². The van der Waals surface area contributed by atoms with Gasteiger partial charge in [0, 0.05) is 14.1 Å². The standard InChI is InChI=1S/C17H21N3O3/c1-11(10-13-8-6-5-7-9-13)18-12(2)14-15(21)19(3)17(23)20(4)16(14)22/h5-9,11,21H,10H2,1-4H3/t11-/m0/s1. The monoisotopic (exact) mass is 315 g/mol. The van der Waals surface area contributed by atoms with Gasteiger partial charge in [-0.3, -0.25) is 18.9 Å². The van der Waals surface area contributed by atoms with E-state index in [1.807, 2.05) is 37.3 Å². The highest BCUT2D eigenvalue weighted by Gasteiger charge is 2.17. The minimum atomic E-state index is -0.568. The van der Waals surface area contributed by atoms with Gasteiger partial charge in [0.2, 0.25) is 5.88 Å². The molecule has 1 heterocycles. The first-order valence-corrected chi connectivity index (χ1v) is 7.40. The molecule has 0 saturated heterocycles. The van der Waals surface area contributed by atoms with Crippen molar-refractivity contribution < 1.29 is 5.11 Å². The minimum Gasteiger partial charge on any atom is -0.494 e. The molecule has 23 heavy (non-hydrogen) atoms. The zero-order valence-corrected chi connectivity index (χ0v) is 13.8. The van der Waals surface area contributed by atoms with E-state index in [1.165, 1.54) is 14.1 Å². The van der Waals surface area contributed by atoms with Gasteiger partial charge in [-0.05, 0) is 25.8 Å². The predicted molar refractivity (Wildman–Crippen MR) is 90.4 cm³/mol. The quantitative estimate of drug-likeness (QED) is 0.862. The van der Waals surface area contributed by atoms with Gasteiger partial charge in [0.05, 0.1) is 11.8 Å². The van der Waals surface area contributed by atoms with E-state index < -0.39 is 11.2 Å². The second kappa shape index (κ2) is 6.64. The van der Waals surface area contributed by atoms with Gasteiger partial charge >= 0.3 is 5.69 Å². The van der Waals surface area contributed by atoms with Gasteiger partial charge in [-0.25, -0.2) is 4.79 Å². The van der Waals surface area contributed by atoms with Crippen LogP contribution < -0.4 is 11.2 Å². The molecule has 0 aliphatic carbocycles. The molecule has 0 fully saturated rings. The van der Waals surface area contributed by atoms with Crippen molar-refractivity contribution in [1.82, 2.24) is 9.13 Å². The molecule has 0 amide bonds. The van der Waals surface area contributed by atoms with Gasteiger partial charge in [0.1, 0.15) is 5.56 Å². The summed E-state index contributed by atoms with van der Waals surface area (Å²) in [4.78, 5) is 28.5. The van der Waals surface area contributed by atoms with Crippen LogP contribution in [0, 0.1) is 0 Å². The summed E-state index contributed by atoms with van der Waals surface area (Å²) in [5.41, 5.74) is 0.519. The van der Waals surface area contributed by atoms with E-state index in [2.05, 4.69) is 4.99 Å². The van der Waals surface area contributed by atoms with Crippen molar-refractivity contribution in [3.05, 3.63) is 62.3 Å². The van der Waals surface area contributed by atoms with Gasteiger partial charge in [0.15, 0.2) is 0 Å². The number of aromatic nitrogens is 2. The first-order chi connectivity index (χ1) is 10.8. The molecule has 1 atom stereocenters. The van der Waals surface area contributed by atoms with Crippen LogP contribution in [0.4, 0.5) is 0 Å². The third-order valence-electron chi connectivity index (χ3n) is 3.78. The number of aliphatic imine (C=N–C) groups is 1. The number of nitrogens with zero attached hydrogens (tertiary/aromatic N) is 3. The van der Waals surface area contributed by atoms with Crippen molar-refractivity contribution in [2.45, 2.75) is 26.3 Å². The zero-order chi connectivity index (χ0) is 17.1. The van der Waals surface area contributed by atoms with E-state index in [4.69, 9.17) is 0 Å². The van der Waals surface area contributed by atoms with Gasteiger partial charge in [0.25, 0.3) is 5.56 Å². The maximum Gasteiger partial charge on any atom is 0.333 e. The van der Waals surface area contributed by atoms with Crippen LogP contribution in [0.25, 0.3) is 0 Å². The van der Waals surface area contributed by atoms with Gasteiger partial charge in [-0.15, -0.1) is 0 Å². The van der Waals surface area contributed by atoms with Crippen LogP contribution in [0.1, 0.15) is 25.0 Å². The van der Waals surface area contributed by atoms with Crippen LogP contribution in [0.2, 0.25) is 0 Å². The van der Waals surface area contributed by atoms with Crippen molar-refractivity contribution in [2.24, 2.45) is 19.1 Å². The van der Waals surface area contributed by atoms with Crippen LogP contribution >= 0.6 is 0 Å². The first kappa shape index (κ1) is 16.7. The molecule has 1 aromatic heterocycles. The lowest BCUT2D eigenvalue weighted by atomic mass is 10.1. The molecule has 0 radical (unpaired) electrons. The lowest BCUT2D eigenvalue weighted by Crippen LogP contribution is -2.39. The van der Waals surface area contributed by atoms with E-state index in [0.717, 1.165) is 21.1 Å². The molecule has 0 spiro atoms. The van der Waals surface area contributed by atoms with Crippen molar-refractivity contribution in [2.75, 3.05) is 0 Å². The Balaban J connectivity index is 2.39. The molecule has 0 aliphatic heterocycles. The molecule has 0 aliphatic rings. The van der Waals surface area contributed by atoms with Crippen LogP contribution in [0.15, 0.2) is 44.9 Å². The van der Waals surface area contributed by atoms with Gasteiger partial charge in [-0.1, -0.05) is 30.3 Å². The molecule has 1 aromatic carbocycles. The fourth-order valence-corrected chi connectivity index (χ4v) is 2.55. The van der Waals surface area contributed by atoms with Crippen LogP contribution in [0.3, 0.4) is 0 Å². The topological polar surface area (TPSA) is 76.6 Å². The zero-order valence-electron chi connectivity index (χ0n) is 13.8. The smallest absolute Gasteiger partial charge is 0.333 e. The average Bonchev–Trinajstić information content (AvgIpc) is 2.52. The highest BCUT2D eigenvalue weighted by Crippen LogP contribution is 2.12. The third kappa shape index (κ3) is 3.41. The molecule has 122 valence electrons. The van der Waals surface area contributed by atoms with Crippen molar-refractivity contribution >= 4 is 5.71 Å². The number of hydrogen-bond donors (Lipinski definition) is 1. The molecule has 1 N–H and O–H groups in total. The summed E-state index contributed by atoms with van der Waals surface area (Å²) in [7, 11) is 2.80. The van der Waals surface area contributed by atoms with E-state index in [-0.39, 0.29) is 17.5 Å².